The summed E-state index contributed by atoms with van der Waals surface area (Å²) < 4.78 is 25.5. The molecule has 134 valence electrons. The van der Waals surface area contributed by atoms with E-state index in [1.165, 1.54) is 23.6 Å². The van der Waals surface area contributed by atoms with Gasteiger partial charge in [-0.3, -0.25) is 4.31 Å². The van der Waals surface area contributed by atoms with Gasteiger partial charge in [0.15, 0.2) is 5.96 Å². The van der Waals surface area contributed by atoms with Gasteiger partial charge in [-0.1, -0.05) is 18.6 Å². The molecule has 2 fully saturated rings. The Morgan fingerprint density at radius 3 is 2.75 bits per heavy atom. The molecule has 0 atom stereocenters. The van der Waals surface area contributed by atoms with Gasteiger partial charge >= 0.3 is 0 Å². The van der Waals surface area contributed by atoms with Crippen molar-refractivity contribution in [3.8, 4) is 0 Å². The molecule has 24 heavy (non-hydrogen) atoms. The van der Waals surface area contributed by atoms with E-state index >= 15 is 0 Å². The van der Waals surface area contributed by atoms with Gasteiger partial charge in [0.2, 0.25) is 10.0 Å². The number of hydrogen-bond acceptors (Lipinski definition) is 3. The Morgan fingerprint density at radius 2 is 2.12 bits per heavy atom. The number of guanidine groups is 1. The van der Waals surface area contributed by atoms with Crippen LogP contribution in [0.1, 0.15) is 31.2 Å². The van der Waals surface area contributed by atoms with E-state index in [9.17, 15) is 8.42 Å². The van der Waals surface area contributed by atoms with Gasteiger partial charge in [-0.2, -0.15) is 0 Å². The zero-order chi connectivity index (χ0) is 16.3. The highest BCUT2D eigenvalue weighted by Gasteiger charge is 2.28. The highest BCUT2D eigenvalue weighted by Crippen LogP contribution is 2.25. The smallest absolute Gasteiger partial charge is 0.235 e. The molecule has 3 N–H and O–H groups in total. The van der Waals surface area contributed by atoms with Gasteiger partial charge in [0.05, 0.1) is 18.0 Å². The average Bonchev–Trinajstić information content (AvgIpc) is 2.83. The number of nitrogens with zero attached hydrogens (tertiary/aromatic N) is 2. The third kappa shape index (κ3) is 4.75. The molecule has 8 heteroatoms. The first-order valence-corrected chi connectivity index (χ1v) is 9.79. The van der Waals surface area contributed by atoms with Gasteiger partial charge in [0.25, 0.3) is 0 Å². The molecular formula is C16H25IN4O2S. The standard InChI is InChI=1S/C16H24N4O2S.HI/c17-16(18-11-13-4-1-5-13)19-12-14-6-2-7-15(10-14)20-8-3-9-23(20,21)22;/h2,6-7,10,13H,1,3-5,8-9,11-12H2,(H3,17,18,19);1H. The number of anilines is 1. The molecule has 0 radical (unpaired) electrons. The minimum atomic E-state index is -3.14. The third-order valence-corrected chi connectivity index (χ3v) is 6.40. The zero-order valence-corrected chi connectivity index (χ0v) is 16.8. The summed E-state index contributed by atoms with van der Waals surface area (Å²) in [7, 11) is -3.14. The van der Waals surface area contributed by atoms with E-state index in [1.807, 2.05) is 24.3 Å². The molecule has 6 nitrogen and oxygen atoms in total. The fourth-order valence-corrected chi connectivity index (χ4v) is 4.47. The molecule has 0 aromatic heterocycles. The van der Waals surface area contributed by atoms with E-state index in [0.717, 1.165) is 23.7 Å². The van der Waals surface area contributed by atoms with Crippen molar-refractivity contribution in [2.75, 3.05) is 23.1 Å². The number of nitrogens with two attached hydrogens (primary N) is 1. The van der Waals surface area contributed by atoms with Crippen molar-refractivity contribution in [2.24, 2.45) is 16.6 Å². The largest absolute Gasteiger partial charge is 0.370 e. The van der Waals surface area contributed by atoms with E-state index in [0.29, 0.717) is 25.5 Å². The number of halogens is 1. The monoisotopic (exact) mass is 464 g/mol. The molecule has 1 aromatic rings. The summed E-state index contributed by atoms with van der Waals surface area (Å²) in [6.45, 7) is 1.90. The first kappa shape index (κ1) is 19.3. The molecule has 2 aliphatic rings. The minimum absolute atomic E-state index is 0. The second kappa shape index (κ2) is 8.37. The number of sulfonamides is 1. The SMILES string of the molecule is I.NC(=NCc1cccc(N2CCCS2(=O)=O)c1)NCC1CCC1. The summed E-state index contributed by atoms with van der Waals surface area (Å²) in [5.74, 6) is 1.41. The van der Waals surface area contributed by atoms with E-state index in [2.05, 4.69) is 10.3 Å². The van der Waals surface area contributed by atoms with Crippen molar-refractivity contribution in [1.82, 2.24) is 5.32 Å². The van der Waals surface area contributed by atoms with Crippen molar-refractivity contribution in [3.63, 3.8) is 0 Å². The van der Waals surface area contributed by atoms with Crippen LogP contribution in [-0.4, -0.2) is 33.2 Å². The summed E-state index contributed by atoms with van der Waals surface area (Å²) >= 11 is 0. The predicted octanol–water partition coefficient (Wildman–Crippen LogP) is 2.05. The van der Waals surface area contributed by atoms with Crippen molar-refractivity contribution in [3.05, 3.63) is 29.8 Å². The Bertz CT molecular complexity index is 689. The molecular weight excluding hydrogens is 439 g/mol. The zero-order valence-electron chi connectivity index (χ0n) is 13.6. The lowest BCUT2D eigenvalue weighted by atomic mass is 9.85. The van der Waals surface area contributed by atoms with Gasteiger partial charge in [-0.25, -0.2) is 13.4 Å². The number of rotatable bonds is 5. The maximum atomic E-state index is 12.0. The average molecular weight is 464 g/mol. The summed E-state index contributed by atoms with van der Waals surface area (Å²) in [5, 5.41) is 3.16. The molecule has 1 aliphatic carbocycles. The lowest BCUT2D eigenvalue weighted by molar-refractivity contribution is 0.315. The van der Waals surface area contributed by atoms with Crippen molar-refractivity contribution in [1.29, 1.82) is 0 Å². The minimum Gasteiger partial charge on any atom is -0.370 e. The van der Waals surface area contributed by atoms with Crippen LogP contribution >= 0.6 is 24.0 Å². The van der Waals surface area contributed by atoms with Crippen LogP contribution in [0.2, 0.25) is 0 Å². The Kier molecular flexibility index (Phi) is 6.73. The Hall–Kier alpha value is -1.03. The van der Waals surface area contributed by atoms with Gasteiger partial charge < -0.3 is 11.1 Å². The lowest BCUT2D eigenvalue weighted by Crippen LogP contribution is -2.37. The van der Waals surface area contributed by atoms with Crippen molar-refractivity contribution in [2.45, 2.75) is 32.2 Å². The predicted molar refractivity (Wildman–Crippen MR) is 108 cm³/mol. The second-order valence-electron chi connectivity index (χ2n) is 6.29. The van der Waals surface area contributed by atoms with Crippen molar-refractivity contribution < 1.29 is 8.42 Å². The van der Waals surface area contributed by atoms with Crippen LogP contribution in [-0.2, 0) is 16.6 Å². The van der Waals surface area contributed by atoms with Crippen LogP contribution in [0.5, 0.6) is 0 Å². The molecule has 0 spiro atoms. The molecule has 1 heterocycles. The van der Waals surface area contributed by atoms with Gasteiger partial charge in [-0.15, -0.1) is 24.0 Å². The fourth-order valence-electron chi connectivity index (χ4n) is 2.92. The second-order valence-corrected chi connectivity index (χ2v) is 8.30. The van der Waals surface area contributed by atoms with Crippen molar-refractivity contribution >= 4 is 45.6 Å². The molecule has 0 amide bonds. The van der Waals surface area contributed by atoms with Crippen LogP contribution in [0.3, 0.4) is 0 Å². The van der Waals surface area contributed by atoms with Crippen LogP contribution in [0.25, 0.3) is 0 Å². The van der Waals surface area contributed by atoms with E-state index in [1.54, 1.807) is 0 Å². The summed E-state index contributed by atoms with van der Waals surface area (Å²) in [4.78, 5) is 4.34. The van der Waals surface area contributed by atoms with Gasteiger partial charge in [-0.05, 0) is 42.9 Å². The van der Waals surface area contributed by atoms with E-state index in [4.69, 9.17) is 5.73 Å². The topological polar surface area (TPSA) is 87.8 Å². The molecule has 3 rings (SSSR count). The van der Waals surface area contributed by atoms with E-state index < -0.39 is 10.0 Å². The van der Waals surface area contributed by atoms with E-state index in [-0.39, 0.29) is 29.7 Å². The van der Waals surface area contributed by atoms with Gasteiger partial charge in [0, 0.05) is 13.1 Å². The highest BCUT2D eigenvalue weighted by molar-refractivity contribution is 14.0. The third-order valence-electron chi connectivity index (χ3n) is 4.53. The van der Waals surface area contributed by atoms with Gasteiger partial charge in [0.1, 0.15) is 0 Å². The Labute approximate surface area is 161 Å². The molecule has 1 aromatic carbocycles. The normalized spacial score (nSPS) is 20.3. The number of nitrogens with one attached hydrogen (secondary N) is 1. The number of aliphatic imine (C=N–C) groups is 1. The number of benzene rings is 1. The molecule has 1 aliphatic heterocycles. The Morgan fingerprint density at radius 1 is 1.33 bits per heavy atom. The summed E-state index contributed by atoms with van der Waals surface area (Å²) in [6.07, 6.45) is 4.54. The first-order chi connectivity index (χ1) is 11.0. The quantitative estimate of drug-likeness (QED) is 0.397. The van der Waals surface area contributed by atoms with Crippen LogP contribution in [0.4, 0.5) is 5.69 Å². The first-order valence-electron chi connectivity index (χ1n) is 8.18. The fraction of sp³-hybridized carbons (Fsp3) is 0.562. The summed E-state index contributed by atoms with van der Waals surface area (Å²) in [5.41, 5.74) is 7.56. The number of hydrogen-bond donors (Lipinski definition) is 2. The molecule has 0 unspecified atom stereocenters. The molecule has 1 saturated heterocycles. The maximum absolute atomic E-state index is 12.0. The van der Waals surface area contributed by atoms with Crippen LogP contribution in [0, 0.1) is 5.92 Å². The lowest BCUT2D eigenvalue weighted by Gasteiger charge is -2.25. The molecule has 0 bridgehead atoms. The molecule has 1 saturated carbocycles. The van der Waals surface area contributed by atoms with Crippen LogP contribution in [0.15, 0.2) is 29.3 Å². The Balaban J connectivity index is 0.00000208. The maximum Gasteiger partial charge on any atom is 0.235 e. The van der Waals surface area contributed by atoms with Crippen LogP contribution < -0.4 is 15.4 Å². The summed E-state index contributed by atoms with van der Waals surface area (Å²) in [6, 6.07) is 7.51. The highest BCUT2D eigenvalue weighted by atomic mass is 127.